The zero-order chi connectivity index (χ0) is 12.9. The number of piperazine rings is 1. The maximum atomic E-state index is 12.0. The molecule has 0 aromatic carbocycles. The molecular formula is C9H18N2O5S. The van der Waals surface area contributed by atoms with E-state index >= 15 is 0 Å². The van der Waals surface area contributed by atoms with Crippen molar-refractivity contribution in [2.45, 2.75) is 12.5 Å². The van der Waals surface area contributed by atoms with E-state index in [4.69, 9.17) is 9.84 Å². The van der Waals surface area contributed by atoms with Crippen LogP contribution in [0.25, 0.3) is 0 Å². The van der Waals surface area contributed by atoms with Crippen LogP contribution >= 0.6 is 0 Å². The lowest BCUT2D eigenvalue weighted by molar-refractivity contribution is -0.141. The molecule has 0 bridgehead atoms. The second kappa shape index (κ2) is 6.29. The molecule has 17 heavy (non-hydrogen) atoms. The maximum Gasteiger partial charge on any atom is 0.323 e. The van der Waals surface area contributed by atoms with Crippen LogP contribution in [0, 0.1) is 0 Å². The van der Waals surface area contributed by atoms with Gasteiger partial charge in [0.25, 0.3) is 0 Å². The van der Waals surface area contributed by atoms with Gasteiger partial charge >= 0.3 is 5.97 Å². The van der Waals surface area contributed by atoms with E-state index in [0.29, 0.717) is 19.6 Å². The summed E-state index contributed by atoms with van der Waals surface area (Å²) in [5, 5.41) is 11.8. The van der Waals surface area contributed by atoms with Crippen LogP contribution in [-0.2, 0) is 19.6 Å². The molecular weight excluding hydrogens is 248 g/mol. The van der Waals surface area contributed by atoms with Crippen molar-refractivity contribution in [3.63, 3.8) is 0 Å². The molecule has 1 rings (SSSR count). The third-order valence-corrected chi connectivity index (χ3v) is 4.54. The summed E-state index contributed by atoms with van der Waals surface area (Å²) in [7, 11) is -2.02. The molecule has 100 valence electrons. The molecule has 0 aromatic rings. The van der Waals surface area contributed by atoms with Crippen molar-refractivity contribution < 1.29 is 23.1 Å². The van der Waals surface area contributed by atoms with Gasteiger partial charge in [-0.2, -0.15) is 4.31 Å². The summed E-state index contributed by atoms with van der Waals surface area (Å²) in [4.78, 5) is 11.0. The van der Waals surface area contributed by atoms with Crippen molar-refractivity contribution in [2.24, 2.45) is 0 Å². The zero-order valence-electron chi connectivity index (χ0n) is 9.76. The third-order valence-electron chi connectivity index (χ3n) is 2.59. The van der Waals surface area contributed by atoms with Crippen LogP contribution in [-0.4, -0.2) is 68.9 Å². The Hall–Kier alpha value is -0.700. The van der Waals surface area contributed by atoms with Gasteiger partial charge in [-0.1, -0.05) is 0 Å². The van der Waals surface area contributed by atoms with E-state index in [0.717, 1.165) is 4.31 Å². The minimum atomic E-state index is -3.52. The topological polar surface area (TPSA) is 95.9 Å². The molecule has 7 nitrogen and oxygen atoms in total. The third kappa shape index (κ3) is 3.91. The number of ether oxygens (including phenoxy) is 1. The Kier molecular flexibility index (Phi) is 5.31. The molecule has 0 spiro atoms. The number of nitrogens with one attached hydrogen (secondary N) is 1. The molecule has 1 aliphatic heterocycles. The predicted octanol–water partition coefficient (Wildman–Crippen LogP) is -1.29. The SMILES string of the molecule is COCCCS(=O)(=O)N1CCNCC1C(=O)O. The summed E-state index contributed by atoms with van der Waals surface area (Å²) in [5.41, 5.74) is 0. The molecule has 0 aromatic heterocycles. The number of rotatable bonds is 6. The highest BCUT2D eigenvalue weighted by Gasteiger charge is 2.36. The van der Waals surface area contributed by atoms with E-state index in [1.165, 1.54) is 7.11 Å². The summed E-state index contributed by atoms with van der Waals surface area (Å²) < 4.78 is 29.8. The van der Waals surface area contributed by atoms with Gasteiger partial charge in [0, 0.05) is 33.4 Å². The standard InChI is InChI=1S/C9H18N2O5S/c1-16-5-2-6-17(14,15)11-4-3-10-7-8(11)9(12)13/h8,10H,2-7H2,1H3,(H,12,13). The smallest absolute Gasteiger partial charge is 0.323 e. The Bertz CT molecular complexity index is 356. The highest BCUT2D eigenvalue weighted by atomic mass is 32.2. The summed E-state index contributed by atoms with van der Waals surface area (Å²) in [6.07, 6.45) is 0.370. The Balaban J connectivity index is 2.69. The fourth-order valence-electron chi connectivity index (χ4n) is 1.73. The predicted molar refractivity (Wildman–Crippen MR) is 61.3 cm³/mol. The number of carboxylic acid groups (broad SMARTS) is 1. The Labute approximate surface area is 101 Å². The molecule has 1 unspecified atom stereocenters. The number of carboxylic acids is 1. The van der Waals surface area contributed by atoms with E-state index in [2.05, 4.69) is 5.32 Å². The van der Waals surface area contributed by atoms with Crippen LogP contribution in [0.4, 0.5) is 0 Å². The second-order valence-corrected chi connectivity index (χ2v) is 5.87. The molecule has 1 heterocycles. The molecule has 0 amide bonds. The average molecular weight is 266 g/mol. The van der Waals surface area contributed by atoms with Crippen LogP contribution in [0.3, 0.4) is 0 Å². The molecule has 0 radical (unpaired) electrons. The van der Waals surface area contributed by atoms with Crippen LogP contribution < -0.4 is 5.32 Å². The van der Waals surface area contributed by atoms with Gasteiger partial charge in [-0.25, -0.2) is 8.42 Å². The van der Waals surface area contributed by atoms with Gasteiger partial charge in [-0.15, -0.1) is 0 Å². The second-order valence-electron chi connectivity index (χ2n) is 3.83. The number of aliphatic carboxylic acids is 1. The van der Waals surface area contributed by atoms with Crippen molar-refractivity contribution in [1.29, 1.82) is 0 Å². The highest BCUT2D eigenvalue weighted by molar-refractivity contribution is 7.89. The van der Waals surface area contributed by atoms with Crippen molar-refractivity contribution >= 4 is 16.0 Å². The van der Waals surface area contributed by atoms with E-state index in [1.807, 2.05) is 0 Å². The number of nitrogens with zero attached hydrogens (tertiary/aromatic N) is 1. The van der Waals surface area contributed by atoms with Crippen molar-refractivity contribution in [3.8, 4) is 0 Å². The molecule has 0 aliphatic carbocycles. The van der Waals surface area contributed by atoms with Gasteiger partial charge in [0.2, 0.25) is 10.0 Å². The fraction of sp³-hybridized carbons (Fsp3) is 0.889. The first-order chi connectivity index (χ1) is 7.99. The lowest BCUT2D eigenvalue weighted by Crippen LogP contribution is -2.57. The van der Waals surface area contributed by atoms with Crippen molar-refractivity contribution in [3.05, 3.63) is 0 Å². The lowest BCUT2D eigenvalue weighted by Gasteiger charge is -2.32. The summed E-state index contributed by atoms with van der Waals surface area (Å²) in [5.74, 6) is -1.20. The van der Waals surface area contributed by atoms with Gasteiger partial charge in [0.15, 0.2) is 0 Å². The summed E-state index contributed by atoms with van der Waals surface area (Å²) in [6, 6.07) is -1.00. The van der Waals surface area contributed by atoms with Crippen LogP contribution in [0.2, 0.25) is 0 Å². The van der Waals surface area contributed by atoms with E-state index in [-0.39, 0.29) is 18.8 Å². The van der Waals surface area contributed by atoms with E-state index in [9.17, 15) is 13.2 Å². The van der Waals surface area contributed by atoms with Crippen LogP contribution in [0.1, 0.15) is 6.42 Å². The minimum Gasteiger partial charge on any atom is -0.480 e. The fourth-order valence-corrected chi connectivity index (χ4v) is 3.37. The first kappa shape index (κ1) is 14.4. The number of hydrogen-bond acceptors (Lipinski definition) is 5. The number of methoxy groups -OCH3 is 1. The van der Waals surface area contributed by atoms with Gasteiger partial charge in [-0.3, -0.25) is 4.79 Å². The van der Waals surface area contributed by atoms with E-state index in [1.54, 1.807) is 0 Å². The van der Waals surface area contributed by atoms with Crippen molar-refractivity contribution in [2.75, 3.05) is 39.1 Å². The monoisotopic (exact) mass is 266 g/mol. The molecule has 8 heteroatoms. The quantitative estimate of drug-likeness (QED) is 0.581. The molecule has 1 saturated heterocycles. The van der Waals surface area contributed by atoms with Crippen LogP contribution in [0.5, 0.6) is 0 Å². The maximum absolute atomic E-state index is 12.0. The Morgan fingerprint density at radius 2 is 2.29 bits per heavy atom. The average Bonchev–Trinajstić information content (AvgIpc) is 2.29. The lowest BCUT2D eigenvalue weighted by atomic mass is 10.2. The molecule has 1 aliphatic rings. The summed E-state index contributed by atoms with van der Waals surface area (Å²) in [6.45, 7) is 1.18. The first-order valence-corrected chi connectivity index (χ1v) is 7.02. The Morgan fingerprint density at radius 3 is 2.88 bits per heavy atom. The molecule has 0 saturated carbocycles. The van der Waals surface area contributed by atoms with Gasteiger partial charge in [-0.05, 0) is 6.42 Å². The van der Waals surface area contributed by atoms with Crippen LogP contribution in [0.15, 0.2) is 0 Å². The minimum absolute atomic E-state index is 0.0787. The van der Waals surface area contributed by atoms with Crippen molar-refractivity contribution in [1.82, 2.24) is 9.62 Å². The summed E-state index contributed by atoms with van der Waals surface area (Å²) >= 11 is 0. The van der Waals surface area contributed by atoms with E-state index < -0.39 is 22.0 Å². The zero-order valence-corrected chi connectivity index (χ0v) is 10.6. The molecule has 1 fully saturated rings. The Morgan fingerprint density at radius 1 is 1.59 bits per heavy atom. The number of carbonyl (C=O) groups is 1. The van der Waals surface area contributed by atoms with Gasteiger partial charge in [0.1, 0.15) is 6.04 Å². The first-order valence-electron chi connectivity index (χ1n) is 5.41. The molecule has 2 N–H and O–H groups in total. The largest absolute Gasteiger partial charge is 0.480 e. The number of sulfonamides is 1. The normalized spacial score (nSPS) is 22.5. The molecule has 1 atom stereocenters. The van der Waals surface area contributed by atoms with Gasteiger partial charge < -0.3 is 15.2 Å². The number of hydrogen-bond donors (Lipinski definition) is 2. The highest BCUT2D eigenvalue weighted by Crippen LogP contribution is 2.11. The van der Waals surface area contributed by atoms with Gasteiger partial charge in [0.05, 0.1) is 5.75 Å².